The number of thioether (sulfide) groups is 1. The number of hydrogen-bond acceptors (Lipinski definition) is 14. The molecular formula is C40H47F3N8O7S. The summed E-state index contributed by atoms with van der Waals surface area (Å²) < 4.78 is 67.7. The van der Waals surface area contributed by atoms with E-state index in [1.165, 1.54) is 42.4 Å². The van der Waals surface area contributed by atoms with Crippen LogP contribution in [0.15, 0.2) is 33.4 Å². The van der Waals surface area contributed by atoms with Crippen molar-refractivity contribution in [2.75, 3.05) is 51.4 Å². The van der Waals surface area contributed by atoms with E-state index in [1.807, 2.05) is 11.0 Å². The van der Waals surface area contributed by atoms with Gasteiger partial charge in [0.15, 0.2) is 5.82 Å². The van der Waals surface area contributed by atoms with Gasteiger partial charge in [0.25, 0.3) is 5.56 Å². The minimum Gasteiger partial charge on any atom is -0.467 e. The summed E-state index contributed by atoms with van der Waals surface area (Å²) in [6.45, 7) is 10.7. The number of anilines is 1. The molecule has 15 nitrogen and oxygen atoms in total. The van der Waals surface area contributed by atoms with Crippen LogP contribution in [-0.2, 0) is 19.0 Å². The van der Waals surface area contributed by atoms with Gasteiger partial charge in [0, 0.05) is 44.2 Å². The van der Waals surface area contributed by atoms with Gasteiger partial charge in [-0.05, 0) is 50.8 Å². The molecule has 5 fully saturated rings. The van der Waals surface area contributed by atoms with Crippen molar-refractivity contribution in [3.8, 4) is 23.3 Å². The fourth-order valence-electron chi connectivity index (χ4n) is 8.25. The lowest BCUT2D eigenvalue weighted by Gasteiger charge is -2.50. The maximum absolute atomic E-state index is 17.1. The van der Waals surface area contributed by atoms with E-state index in [4.69, 9.17) is 24.7 Å². The molecule has 3 aromatic rings. The number of alkyl halides is 1. The molecule has 1 aliphatic carbocycles. The molecule has 1 amide bonds. The number of rotatable bonds is 9. The maximum atomic E-state index is 17.1. The molecule has 1 aromatic carbocycles. The number of piperazine rings is 1. The number of amides is 1. The zero-order valence-electron chi connectivity index (χ0n) is 33.3. The highest BCUT2D eigenvalue weighted by atomic mass is 32.2. The molecule has 8 rings (SSSR count). The minimum atomic E-state index is -1.12. The highest BCUT2D eigenvalue weighted by Crippen LogP contribution is 2.44. The van der Waals surface area contributed by atoms with Gasteiger partial charge in [-0.3, -0.25) is 14.5 Å². The van der Waals surface area contributed by atoms with Crippen molar-refractivity contribution in [2.45, 2.75) is 94.4 Å². The van der Waals surface area contributed by atoms with E-state index >= 15 is 4.39 Å². The first-order chi connectivity index (χ1) is 28.2. The van der Waals surface area contributed by atoms with E-state index in [9.17, 15) is 28.4 Å². The third kappa shape index (κ3) is 8.53. The van der Waals surface area contributed by atoms with Gasteiger partial charge in [0.1, 0.15) is 34.8 Å². The molecule has 2 bridgehead atoms. The number of nitrogens with zero attached hydrogens (tertiary/aromatic N) is 7. The highest BCUT2D eigenvalue weighted by Gasteiger charge is 2.44. The second-order valence-corrected chi connectivity index (χ2v) is 16.8. The van der Waals surface area contributed by atoms with Crippen molar-refractivity contribution in [1.82, 2.24) is 24.3 Å². The number of esters is 1. The van der Waals surface area contributed by atoms with E-state index in [2.05, 4.69) is 21.4 Å². The number of morpholine rings is 1. The standard InChI is InChI=1S/C33H35F2N7O7S.C7H12FN/c1-15(2)31(44)48-17(4)49-33(45)40-11-19-13-47-14-20(12-40)41(19)29-24-26(38-32(39-29)46-5)25(35)27(42(30(24)43)18-6-7-18)21-8-9-23(34)28(22(21)10-36)50-16(3)37;8-6-4-7-2-1-3-9(7)5-6/h8-9,15,17-20H,3,6-7,11-14,37H2,1-2,4-5H3;6-7H,1-5H2. The summed E-state index contributed by atoms with van der Waals surface area (Å²) in [6.07, 6.45) is 2.13. The summed E-state index contributed by atoms with van der Waals surface area (Å²) in [5.74, 6) is -2.50. The molecule has 5 unspecified atom stereocenters. The number of carbonyl (C=O) groups is 2. The molecule has 6 heterocycles. The fraction of sp³-hybridized carbons (Fsp3) is 0.550. The minimum absolute atomic E-state index is 0.00845. The molecule has 4 saturated heterocycles. The average molecular weight is 841 g/mol. The van der Waals surface area contributed by atoms with Crippen LogP contribution >= 0.6 is 11.8 Å². The summed E-state index contributed by atoms with van der Waals surface area (Å²) in [6, 6.07) is 3.19. The van der Waals surface area contributed by atoms with Crippen molar-refractivity contribution < 1.29 is 41.7 Å². The number of methoxy groups -OCH3 is 1. The van der Waals surface area contributed by atoms with E-state index in [0.717, 1.165) is 30.8 Å². The third-order valence-electron chi connectivity index (χ3n) is 11.0. The van der Waals surface area contributed by atoms with Gasteiger partial charge < -0.3 is 39.0 Å². The number of nitriles is 1. The van der Waals surface area contributed by atoms with Crippen LogP contribution in [0.1, 0.15) is 64.5 Å². The van der Waals surface area contributed by atoms with Gasteiger partial charge in [-0.25, -0.2) is 18.0 Å². The second kappa shape index (κ2) is 17.3. The largest absolute Gasteiger partial charge is 0.467 e. The molecule has 4 aliphatic heterocycles. The number of nitrogens with two attached hydrogens (primary N) is 1. The van der Waals surface area contributed by atoms with Crippen LogP contribution in [0.2, 0.25) is 0 Å². The average Bonchev–Trinajstić information content (AvgIpc) is 3.83. The summed E-state index contributed by atoms with van der Waals surface area (Å²) in [4.78, 5) is 53.9. The second-order valence-electron chi connectivity index (χ2n) is 15.6. The van der Waals surface area contributed by atoms with E-state index in [1.54, 1.807) is 13.8 Å². The number of hydrogen-bond donors (Lipinski definition) is 1. The van der Waals surface area contributed by atoms with Crippen molar-refractivity contribution in [2.24, 2.45) is 11.7 Å². The van der Waals surface area contributed by atoms with Gasteiger partial charge in [-0.15, -0.1) is 0 Å². The number of halogens is 3. The maximum Gasteiger partial charge on any atom is 0.412 e. The summed E-state index contributed by atoms with van der Waals surface area (Å²) in [7, 11) is 1.30. The number of fused-ring (bicyclic) bond motifs is 4. The number of carbonyl (C=O) groups excluding carboxylic acids is 2. The topological polar surface area (TPSA) is 178 Å². The number of pyridine rings is 1. The zero-order chi connectivity index (χ0) is 42.3. The van der Waals surface area contributed by atoms with Crippen LogP contribution in [0.5, 0.6) is 6.01 Å². The van der Waals surface area contributed by atoms with Crippen LogP contribution in [-0.4, -0.2) is 113 Å². The lowest BCUT2D eigenvalue weighted by atomic mass is 10.0. The lowest BCUT2D eigenvalue weighted by Crippen LogP contribution is -2.66. The van der Waals surface area contributed by atoms with Crippen molar-refractivity contribution >= 4 is 40.5 Å². The normalized spacial score (nSPS) is 23.0. The summed E-state index contributed by atoms with van der Waals surface area (Å²) >= 11 is 0.727. The Hall–Kier alpha value is -5.06. The fourth-order valence-corrected chi connectivity index (χ4v) is 8.94. The van der Waals surface area contributed by atoms with Crippen molar-refractivity contribution in [3.63, 3.8) is 0 Å². The van der Waals surface area contributed by atoms with Gasteiger partial charge in [0.2, 0.25) is 6.29 Å². The van der Waals surface area contributed by atoms with Crippen molar-refractivity contribution in [1.29, 1.82) is 5.26 Å². The monoisotopic (exact) mass is 840 g/mol. The first kappa shape index (κ1) is 42.1. The zero-order valence-corrected chi connectivity index (χ0v) is 34.1. The molecule has 1 saturated carbocycles. The summed E-state index contributed by atoms with van der Waals surface area (Å²) in [5.41, 5.74) is 4.33. The number of benzene rings is 1. The Balaban J connectivity index is 0.000000513. The lowest BCUT2D eigenvalue weighted by molar-refractivity contribution is -0.170. The van der Waals surface area contributed by atoms with E-state index in [-0.39, 0.29) is 75.8 Å². The Morgan fingerprint density at radius 2 is 1.76 bits per heavy atom. The van der Waals surface area contributed by atoms with Gasteiger partial charge in [-0.2, -0.15) is 15.2 Å². The van der Waals surface area contributed by atoms with Crippen molar-refractivity contribution in [3.05, 3.63) is 51.3 Å². The Bertz CT molecular complexity index is 2230. The molecule has 19 heteroatoms. The molecule has 0 spiro atoms. The Morgan fingerprint density at radius 3 is 2.37 bits per heavy atom. The molecular weight excluding hydrogens is 794 g/mol. The van der Waals surface area contributed by atoms with Gasteiger partial charge in [-0.1, -0.05) is 32.2 Å². The SMILES string of the molecule is C=C(N)Sc1c(F)ccc(-c2c(F)c3nc(OC)nc(N4C5COCC4CN(C(=O)OC(C)OC(=O)C(C)C)C5)c3c(=O)n2C2CC2)c1C#N.FC1CC2CCCN2C1. The van der Waals surface area contributed by atoms with Crippen LogP contribution in [0.4, 0.5) is 23.8 Å². The van der Waals surface area contributed by atoms with Crippen LogP contribution in [0, 0.1) is 28.9 Å². The molecule has 0 radical (unpaired) electrons. The molecule has 5 aliphatic rings. The molecule has 316 valence electrons. The Morgan fingerprint density at radius 1 is 1.05 bits per heavy atom. The van der Waals surface area contributed by atoms with Gasteiger partial charge in [0.05, 0.1) is 59.5 Å². The first-order valence-corrected chi connectivity index (χ1v) is 20.5. The van der Waals surface area contributed by atoms with Gasteiger partial charge >= 0.3 is 18.1 Å². The Labute approximate surface area is 343 Å². The quantitative estimate of drug-likeness (QED) is 0.168. The first-order valence-electron chi connectivity index (χ1n) is 19.7. The van der Waals surface area contributed by atoms with Crippen LogP contribution in [0.3, 0.4) is 0 Å². The van der Waals surface area contributed by atoms with E-state index < -0.39 is 65.8 Å². The number of ether oxygens (including phenoxy) is 4. The Kier molecular flexibility index (Phi) is 12.3. The predicted molar refractivity (Wildman–Crippen MR) is 211 cm³/mol. The molecule has 2 N–H and O–H groups in total. The molecule has 59 heavy (non-hydrogen) atoms. The third-order valence-corrected chi connectivity index (χ3v) is 11.9. The van der Waals surface area contributed by atoms with Crippen LogP contribution < -0.4 is 20.9 Å². The van der Waals surface area contributed by atoms with E-state index in [0.29, 0.717) is 25.4 Å². The number of aromatic nitrogens is 3. The molecule has 2 aromatic heterocycles. The predicted octanol–water partition coefficient (Wildman–Crippen LogP) is 5.24. The highest BCUT2D eigenvalue weighted by molar-refractivity contribution is 8.03. The summed E-state index contributed by atoms with van der Waals surface area (Å²) in [5, 5.41) is 10.0. The smallest absolute Gasteiger partial charge is 0.412 e. The molecule has 5 atom stereocenters. The van der Waals surface area contributed by atoms with Crippen LogP contribution in [0.25, 0.3) is 22.2 Å².